The van der Waals surface area contributed by atoms with E-state index in [1.165, 1.54) is 17.0 Å². The molecule has 4 heterocycles. The average Bonchev–Trinajstić information content (AvgIpc) is 3.58. The number of nitrogens with one attached hydrogen (secondary N) is 1. The molecule has 1 aromatic heterocycles. The molecule has 11 nitrogen and oxygen atoms in total. The molecule has 12 heteroatoms. The molecule has 0 bridgehead atoms. The number of amidine groups is 1. The molecule has 0 aliphatic carbocycles. The van der Waals surface area contributed by atoms with Crippen LogP contribution in [0.25, 0.3) is 0 Å². The van der Waals surface area contributed by atoms with Gasteiger partial charge in [0.1, 0.15) is 24.0 Å². The number of anilines is 1. The lowest BCUT2D eigenvalue weighted by Gasteiger charge is -2.40. The van der Waals surface area contributed by atoms with Crippen molar-refractivity contribution in [2.45, 2.75) is 48.9 Å². The van der Waals surface area contributed by atoms with Gasteiger partial charge in [0.25, 0.3) is 11.0 Å². The first-order valence-electron chi connectivity index (χ1n) is 13.8. The molecular weight excluding hydrogens is 560 g/mol. The van der Waals surface area contributed by atoms with Crippen LogP contribution in [0, 0.1) is 0 Å². The number of hydrazine groups is 1. The van der Waals surface area contributed by atoms with Crippen LogP contribution in [0.4, 0.5) is 5.82 Å². The Hall–Kier alpha value is -3.87. The van der Waals surface area contributed by atoms with Crippen LogP contribution >= 0.6 is 11.6 Å². The quantitative estimate of drug-likeness (QED) is 0.173. The van der Waals surface area contributed by atoms with Crippen molar-refractivity contribution in [2.24, 2.45) is 4.99 Å². The summed E-state index contributed by atoms with van der Waals surface area (Å²) >= 11 is 7.27. The molecule has 0 saturated carbocycles. The summed E-state index contributed by atoms with van der Waals surface area (Å²) in [6, 6.07) is 16.8. The van der Waals surface area contributed by atoms with Crippen molar-refractivity contribution >= 4 is 34.9 Å². The van der Waals surface area contributed by atoms with Crippen LogP contribution < -0.4 is 10.3 Å². The number of ether oxygens (including phenoxy) is 1. The number of halogens is 1. The number of amides is 1. The summed E-state index contributed by atoms with van der Waals surface area (Å²) in [6.07, 6.45) is 1.08. The smallest absolute Gasteiger partial charge is 0.283 e. The lowest BCUT2D eigenvalue weighted by atomic mass is 10.0. The number of ketones is 1. The number of alkyl halides is 1. The Bertz CT molecular complexity index is 1510. The van der Waals surface area contributed by atoms with E-state index in [0.717, 1.165) is 37.3 Å². The molecule has 42 heavy (non-hydrogen) atoms. The van der Waals surface area contributed by atoms with Crippen LogP contribution in [0.1, 0.15) is 51.9 Å². The minimum absolute atomic E-state index is 0.0820. The Labute approximate surface area is 247 Å². The van der Waals surface area contributed by atoms with Crippen LogP contribution in [0.3, 0.4) is 0 Å². The Kier molecular flexibility index (Phi) is 7.69. The number of piperidine rings is 1. The molecule has 3 aliphatic rings. The van der Waals surface area contributed by atoms with E-state index in [-0.39, 0.29) is 28.5 Å². The van der Waals surface area contributed by atoms with Crippen LogP contribution in [0.2, 0.25) is 0 Å². The molecule has 3 aromatic rings. The maximum absolute atomic E-state index is 14.3. The maximum Gasteiger partial charge on any atom is 0.283 e. The predicted molar refractivity (Wildman–Crippen MR) is 156 cm³/mol. The summed E-state index contributed by atoms with van der Waals surface area (Å²) in [5.41, 5.74) is 4.01. The highest BCUT2D eigenvalue weighted by Gasteiger charge is 2.54. The second-order valence-corrected chi connectivity index (χ2v) is 11.0. The summed E-state index contributed by atoms with van der Waals surface area (Å²) in [7, 11) is 0. The monoisotopic (exact) mass is 590 g/mol. The number of fused-ring (bicyclic) bond motifs is 1. The number of imidazole rings is 1. The lowest BCUT2D eigenvalue weighted by molar-refractivity contribution is -0.0259. The highest BCUT2D eigenvalue weighted by Crippen LogP contribution is 2.43. The van der Waals surface area contributed by atoms with Crippen molar-refractivity contribution in [1.29, 1.82) is 0 Å². The van der Waals surface area contributed by atoms with Gasteiger partial charge >= 0.3 is 0 Å². The molecule has 0 spiro atoms. The summed E-state index contributed by atoms with van der Waals surface area (Å²) in [6.45, 7) is 5.16. The molecule has 1 amide bonds. The number of carbonyl (C=O) groups is 2. The van der Waals surface area contributed by atoms with Crippen molar-refractivity contribution in [3.05, 3.63) is 96.5 Å². The number of carbonyl (C=O) groups excluding carboxylic acids is 2. The standard InChI is InChI=1S/C30H31ClN6O5/c1-2-21-23(38)24(39)29(42-21)36-18-32-22-26(34-35-16-10-5-11-17-35)33-30(31,25(40)19-12-6-3-7-13-19)37(27(22)36)28(41)20-14-8-4-9-15-20/h2-4,6-9,12-15,18,21,23-24,29,38-39H,1,5,10-11,16-17H2,(H,33,34)/t21-,23?,24?,29-,30?/m1/s1. The van der Waals surface area contributed by atoms with E-state index in [1.807, 2.05) is 5.01 Å². The molecule has 2 aromatic carbocycles. The normalized spacial score (nSPS) is 27.7. The number of aliphatic hydroxyl groups excluding tert-OH is 2. The van der Waals surface area contributed by atoms with Crippen molar-refractivity contribution in [3.63, 3.8) is 0 Å². The molecule has 3 N–H and O–H groups in total. The number of nitrogens with zero attached hydrogens (tertiary/aromatic N) is 5. The summed E-state index contributed by atoms with van der Waals surface area (Å²) < 4.78 is 7.36. The van der Waals surface area contributed by atoms with Gasteiger partial charge in [-0.25, -0.2) is 19.9 Å². The van der Waals surface area contributed by atoms with Gasteiger partial charge in [-0.1, -0.05) is 72.6 Å². The van der Waals surface area contributed by atoms with Crippen molar-refractivity contribution < 1.29 is 24.5 Å². The predicted octanol–water partition coefficient (Wildman–Crippen LogP) is 2.86. The molecule has 218 valence electrons. The molecule has 5 atom stereocenters. The SMILES string of the molecule is C=C[C@H]1O[C@@H](n2cnc3c2N(C(=O)c2ccccc2)C(Cl)(C(=O)c2ccccc2)N=C3NN2CCCCC2)C(O)C1O. The van der Waals surface area contributed by atoms with E-state index in [4.69, 9.17) is 21.3 Å². The fraction of sp³-hybridized carbons (Fsp3) is 0.333. The third-order valence-electron chi connectivity index (χ3n) is 7.71. The number of rotatable bonds is 6. The van der Waals surface area contributed by atoms with Gasteiger partial charge in [-0.3, -0.25) is 14.2 Å². The molecule has 3 unspecified atom stereocenters. The van der Waals surface area contributed by atoms with E-state index in [2.05, 4.69) is 17.0 Å². The summed E-state index contributed by atoms with van der Waals surface area (Å²) in [5.74, 6) is -0.983. The van der Waals surface area contributed by atoms with E-state index in [1.54, 1.807) is 60.7 Å². The molecule has 3 aliphatic heterocycles. The lowest BCUT2D eigenvalue weighted by Crippen LogP contribution is -2.58. The number of Topliss-reactive ketones (excluding diaryl/α,β-unsaturated/α-hetero) is 1. The van der Waals surface area contributed by atoms with Gasteiger partial charge in [-0.15, -0.1) is 6.58 Å². The zero-order valence-corrected chi connectivity index (χ0v) is 23.5. The average molecular weight is 591 g/mol. The topological polar surface area (TPSA) is 133 Å². The van der Waals surface area contributed by atoms with Gasteiger partial charge in [0.05, 0.1) is 6.33 Å². The Morgan fingerprint density at radius 3 is 2.26 bits per heavy atom. The molecule has 2 saturated heterocycles. The number of hydrogen-bond acceptors (Lipinski definition) is 9. The second kappa shape index (κ2) is 11.4. The zero-order chi connectivity index (χ0) is 29.4. The first kappa shape index (κ1) is 28.3. The molecule has 2 fully saturated rings. The van der Waals surface area contributed by atoms with Gasteiger partial charge in [0.15, 0.2) is 17.9 Å². The third-order valence-corrected chi connectivity index (χ3v) is 8.14. The third kappa shape index (κ3) is 4.83. The molecule has 0 radical (unpaired) electrons. The van der Waals surface area contributed by atoms with Gasteiger partial charge < -0.3 is 20.4 Å². The van der Waals surface area contributed by atoms with Crippen LogP contribution in [0.15, 0.2) is 84.6 Å². The summed E-state index contributed by atoms with van der Waals surface area (Å²) in [4.78, 5) is 38.9. The maximum atomic E-state index is 14.3. The fourth-order valence-corrected chi connectivity index (χ4v) is 5.88. The highest BCUT2D eigenvalue weighted by molar-refractivity contribution is 6.43. The number of aliphatic imine (C=N–C) groups is 1. The fourth-order valence-electron chi connectivity index (χ4n) is 5.53. The zero-order valence-electron chi connectivity index (χ0n) is 22.7. The van der Waals surface area contributed by atoms with Crippen LogP contribution in [-0.4, -0.2) is 78.8 Å². The van der Waals surface area contributed by atoms with Crippen molar-refractivity contribution in [3.8, 4) is 0 Å². The van der Waals surface area contributed by atoms with Crippen molar-refractivity contribution in [2.75, 3.05) is 18.0 Å². The van der Waals surface area contributed by atoms with Gasteiger partial charge in [-0.05, 0) is 25.0 Å². The number of aromatic nitrogens is 2. The minimum atomic E-state index is -2.28. The number of hydrogen-bond donors (Lipinski definition) is 3. The molecular formula is C30H31ClN6O5. The number of aliphatic hydroxyl groups is 2. The number of benzene rings is 2. The van der Waals surface area contributed by atoms with E-state index >= 15 is 0 Å². The van der Waals surface area contributed by atoms with Gasteiger partial charge in [0.2, 0.25) is 5.78 Å². The van der Waals surface area contributed by atoms with Crippen LogP contribution in [0.5, 0.6) is 0 Å². The first-order valence-corrected chi connectivity index (χ1v) is 14.2. The Morgan fingerprint density at radius 1 is 1.00 bits per heavy atom. The first-order chi connectivity index (χ1) is 20.3. The Balaban J connectivity index is 1.55. The van der Waals surface area contributed by atoms with Gasteiger partial charge in [0, 0.05) is 24.2 Å². The highest BCUT2D eigenvalue weighted by atomic mass is 35.5. The summed E-state index contributed by atoms with van der Waals surface area (Å²) in [5, 5.41) is 21.3. The Morgan fingerprint density at radius 2 is 1.64 bits per heavy atom. The van der Waals surface area contributed by atoms with Crippen LogP contribution in [-0.2, 0) is 4.74 Å². The largest absolute Gasteiger partial charge is 0.387 e. The van der Waals surface area contributed by atoms with E-state index in [0.29, 0.717) is 0 Å². The van der Waals surface area contributed by atoms with E-state index < -0.39 is 41.4 Å². The van der Waals surface area contributed by atoms with Crippen molar-refractivity contribution in [1.82, 2.24) is 20.0 Å². The van der Waals surface area contributed by atoms with E-state index in [9.17, 15) is 19.8 Å². The second-order valence-electron chi connectivity index (χ2n) is 10.4. The molecule has 6 rings (SSSR count). The van der Waals surface area contributed by atoms with Gasteiger partial charge in [-0.2, -0.15) is 0 Å². The minimum Gasteiger partial charge on any atom is -0.387 e.